The Bertz CT molecular complexity index is 782. The Labute approximate surface area is 165 Å². The second-order valence-electron chi connectivity index (χ2n) is 7.15. The molecule has 0 spiro atoms. The predicted molar refractivity (Wildman–Crippen MR) is 106 cm³/mol. The van der Waals surface area contributed by atoms with Gasteiger partial charge in [0.2, 0.25) is 0 Å². The molecule has 1 saturated heterocycles. The third-order valence-corrected chi connectivity index (χ3v) is 5.12. The molecular formula is C21H26N4O3. The number of piperazine rings is 1. The molecule has 1 aliphatic heterocycles. The fraction of sp³-hybridized carbons (Fsp3) is 0.476. The lowest BCUT2D eigenvalue weighted by atomic mass is 10.2. The number of carbonyl (C=O) groups is 1. The van der Waals surface area contributed by atoms with Crippen molar-refractivity contribution < 1.29 is 14.3 Å². The minimum Gasteiger partial charge on any atom is -0.494 e. The molecule has 2 aromatic rings. The van der Waals surface area contributed by atoms with Gasteiger partial charge in [-0.05, 0) is 56.2 Å². The molecule has 7 heteroatoms. The highest BCUT2D eigenvalue weighted by molar-refractivity contribution is 5.78. The van der Waals surface area contributed by atoms with Crippen LogP contribution in [0.25, 0.3) is 0 Å². The van der Waals surface area contributed by atoms with Crippen LogP contribution in [-0.2, 0) is 4.79 Å². The fourth-order valence-electron chi connectivity index (χ4n) is 3.32. The Balaban J connectivity index is 1.23. The van der Waals surface area contributed by atoms with Gasteiger partial charge in [-0.2, -0.15) is 5.10 Å². The molecule has 1 saturated carbocycles. The molecule has 4 rings (SSSR count). The summed E-state index contributed by atoms with van der Waals surface area (Å²) in [6.07, 6.45) is 2.46. The maximum absolute atomic E-state index is 12.4. The number of hydrogen-bond donors (Lipinski definition) is 0. The van der Waals surface area contributed by atoms with Gasteiger partial charge in [0.1, 0.15) is 11.5 Å². The maximum Gasteiger partial charge on any atom is 0.260 e. The zero-order chi connectivity index (χ0) is 19.3. The fourth-order valence-corrected chi connectivity index (χ4v) is 3.32. The first-order chi connectivity index (χ1) is 13.7. The molecule has 0 bridgehead atoms. The van der Waals surface area contributed by atoms with E-state index >= 15 is 0 Å². The van der Waals surface area contributed by atoms with E-state index < -0.39 is 0 Å². The van der Waals surface area contributed by atoms with Crippen molar-refractivity contribution in [1.29, 1.82) is 0 Å². The summed E-state index contributed by atoms with van der Waals surface area (Å²) in [4.78, 5) is 16.5. The van der Waals surface area contributed by atoms with Crippen LogP contribution in [0.2, 0.25) is 0 Å². The van der Waals surface area contributed by atoms with Gasteiger partial charge < -0.3 is 19.3 Å². The molecule has 0 N–H and O–H groups in total. The van der Waals surface area contributed by atoms with Crippen molar-refractivity contribution in [2.24, 2.45) is 0 Å². The zero-order valence-electron chi connectivity index (χ0n) is 16.2. The van der Waals surface area contributed by atoms with Crippen LogP contribution in [0.3, 0.4) is 0 Å². The first-order valence-corrected chi connectivity index (χ1v) is 9.95. The smallest absolute Gasteiger partial charge is 0.260 e. The lowest BCUT2D eigenvalue weighted by Crippen LogP contribution is -2.50. The second-order valence-corrected chi connectivity index (χ2v) is 7.15. The first kappa shape index (κ1) is 18.5. The largest absolute Gasteiger partial charge is 0.494 e. The third kappa shape index (κ3) is 4.52. The standard InChI is InChI=1S/C21H26N4O3/c1-2-27-17-5-7-18(8-6-17)28-15-21(26)25-13-11-24(12-14-25)20-10-9-19(22-23-20)16-3-4-16/h5-10,16H,2-4,11-15H2,1H3. The number of benzene rings is 1. The van der Waals surface area contributed by atoms with Crippen molar-refractivity contribution in [1.82, 2.24) is 15.1 Å². The zero-order valence-corrected chi connectivity index (χ0v) is 16.2. The SMILES string of the molecule is CCOc1ccc(OCC(=O)N2CCN(c3ccc(C4CC4)nn3)CC2)cc1. The number of amides is 1. The highest BCUT2D eigenvalue weighted by Gasteiger charge is 2.26. The van der Waals surface area contributed by atoms with Crippen molar-refractivity contribution in [2.45, 2.75) is 25.7 Å². The number of carbonyl (C=O) groups excluding carboxylic acids is 1. The number of ether oxygens (including phenoxy) is 2. The summed E-state index contributed by atoms with van der Waals surface area (Å²) < 4.78 is 11.0. The Kier molecular flexibility index (Phi) is 5.60. The molecule has 1 aromatic heterocycles. The van der Waals surface area contributed by atoms with Gasteiger partial charge in [0.05, 0.1) is 12.3 Å². The third-order valence-electron chi connectivity index (χ3n) is 5.12. The number of anilines is 1. The lowest BCUT2D eigenvalue weighted by molar-refractivity contribution is -0.133. The van der Waals surface area contributed by atoms with Crippen LogP contribution in [0.1, 0.15) is 31.4 Å². The van der Waals surface area contributed by atoms with E-state index in [-0.39, 0.29) is 12.5 Å². The van der Waals surface area contributed by atoms with Gasteiger partial charge in [-0.1, -0.05) is 0 Å². The molecule has 0 atom stereocenters. The molecule has 0 unspecified atom stereocenters. The van der Waals surface area contributed by atoms with Crippen molar-refractivity contribution in [3.63, 3.8) is 0 Å². The van der Waals surface area contributed by atoms with E-state index in [1.54, 1.807) is 0 Å². The van der Waals surface area contributed by atoms with Gasteiger partial charge in [-0.15, -0.1) is 5.10 Å². The van der Waals surface area contributed by atoms with Gasteiger partial charge in [0, 0.05) is 32.1 Å². The Morgan fingerprint density at radius 1 is 0.964 bits per heavy atom. The molecule has 2 fully saturated rings. The number of aromatic nitrogens is 2. The normalized spacial score (nSPS) is 16.8. The Morgan fingerprint density at radius 2 is 1.64 bits per heavy atom. The van der Waals surface area contributed by atoms with Crippen LogP contribution in [0.15, 0.2) is 36.4 Å². The highest BCUT2D eigenvalue weighted by atomic mass is 16.5. The molecule has 7 nitrogen and oxygen atoms in total. The monoisotopic (exact) mass is 382 g/mol. The minimum atomic E-state index is 0.00343. The summed E-state index contributed by atoms with van der Waals surface area (Å²) in [7, 11) is 0. The average molecular weight is 382 g/mol. The van der Waals surface area contributed by atoms with Crippen molar-refractivity contribution in [3.8, 4) is 11.5 Å². The molecule has 28 heavy (non-hydrogen) atoms. The summed E-state index contributed by atoms with van der Waals surface area (Å²) in [5.74, 6) is 2.98. The van der Waals surface area contributed by atoms with Crippen LogP contribution < -0.4 is 14.4 Å². The maximum atomic E-state index is 12.4. The van der Waals surface area contributed by atoms with E-state index in [2.05, 4.69) is 21.2 Å². The molecular weight excluding hydrogens is 356 g/mol. The quantitative estimate of drug-likeness (QED) is 0.733. The van der Waals surface area contributed by atoms with Crippen LogP contribution in [0.4, 0.5) is 5.82 Å². The lowest BCUT2D eigenvalue weighted by Gasteiger charge is -2.35. The molecule has 2 heterocycles. The number of hydrogen-bond acceptors (Lipinski definition) is 6. The molecule has 0 radical (unpaired) electrons. The topological polar surface area (TPSA) is 67.8 Å². The van der Waals surface area contributed by atoms with E-state index in [1.807, 2.05) is 42.2 Å². The van der Waals surface area contributed by atoms with Crippen molar-refractivity contribution >= 4 is 11.7 Å². The van der Waals surface area contributed by atoms with Gasteiger partial charge in [-0.3, -0.25) is 4.79 Å². The van der Waals surface area contributed by atoms with Gasteiger partial charge in [0.25, 0.3) is 5.91 Å². The van der Waals surface area contributed by atoms with Crippen LogP contribution in [-0.4, -0.2) is 60.4 Å². The highest BCUT2D eigenvalue weighted by Crippen LogP contribution is 2.38. The van der Waals surface area contributed by atoms with Crippen LogP contribution >= 0.6 is 0 Å². The molecule has 148 valence electrons. The number of nitrogens with zero attached hydrogens (tertiary/aromatic N) is 4. The van der Waals surface area contributed by atoms with E-state index in [9.17, 15) is 4.79 Å². The summed E-state index contributed by atoms with van der Waals surface area (Å²) in [5, 5.41) is 8.72. The van der Waals surface area contributed by atoms with Gasteiger partial charge in [-0.25, -0.2) is 0 Å². The molecule has 1 aliphatic carbocycles. The van der Waals surface area contributed by atoms with Crippen LogP contribution in [0, 0.1) is 0 Å². The summed E-state index contributed by atoms with van der Waals surface area (Å²) >= 11 is 0. The van der Waals surface area contributed by atoms with Gasteiger partial charge >= 0.3 is 0 Å². The van der Waals surface area contributed by atoms with Crippen molar-refractivity contribution in [3.05, 3.63) is 42.1 Å². The second kappa shape index (κ2) is 8.46. The van der Waals surface area contributed by atoms with Crippen molar-refractivity contribution in [2.75, 3.05) is 44.3 Å². The first-order valence-electron chi connectivity index (χ1n) is 9.95. The Morgan fingerprint density at radius 3 is 2.21 bits per heavy atom. The number of rotatable bonds is 7. The summed E-state index contributed by atoms with van der Waals surface area (Å²) in [6, 6.07) is 11.5. The van der Waals surface area contributed by atoms with E-state index in [4.69, 9.17) is 9.47 Å². The summed E-state index contributed by atoms with van der Waals surface area (Å²) in [6.45, 7) is 5.46. The van der Waals surface area contributed by atoms with Gasteiger partial charge in [0.15, 0.2) is 12.4 Å². The molecule has 1 aromatic carbocycles. The summed E-state index contributed by atoms with van der Waals surface area (Å²) in [5.41, 5.74) is 1.10. The average Bonchev–Trinajstić information content (AvgIpc) is 3.59. The van der Waals surface area contributed by atoms with E-state index in [1.165, 1.54) is 12.8 Å². The molecule has 1 amide bonds. The Hall–Kier alpha value is -2.83. The van der Waals surface area contributed by atoms with E-state index in [0.717, 1.165) is 30.4 Å². The van der Waals surface area contributed by atoms with E-state index in [0.29, 0.717) is 31.4 Å². The minimum absolute atomic E-state index is 0.00343. The molecule has 2 aliphatic rings. The predicted octanol–water partition coefficient (Wildman–Crippen LogP) is 2.48. The van der Waals surface area contributed by atoms with Crippen LogP contribution in [0.5, 0.6) is 11.5 Å².